The van der Waals surface area contributed by atoms with Crippen LogP contribution in [0.5, 0.6) is 0 Å². The molecular formula is C17H21FN4OS. The maximum atomic E-state index is 12.9. The number of halogens is 1. The molecule has 1 aromatic carbocycles. The lowest BCUT2D eigenvalue weighted by atomic mass is 10.2. The van der Waals surface area contributed by atoms with Gasteiger partial charge in [-0.05, 0) is 30.7 Å². The van der Waals surface area contributed by atoms with E-state index in [2.05, 4.69) is 29.0 Å². The molecular weight excluding hydrogens is 327 g/mol. The van der Waals surface area contributed by atoms with E-state index in [1.165, 1.54) is 36.0 Å². The van der Waals surface area contributed by atoms with E-state index in [1.807, 2.05) is 4.57 Å². The number of hydrogen-bond donors (Lipinski definition) is 1. The Bertz CT molecular complexity index is 684. The van der Waals surface area contributed by atoms with Crippen LogP contribution in [0, 0.1) is 5.82 Å². The number of unbranched alkanes of at least 4 members (excludes halogenated alkanes) is 1. The highest BCUT2D eigenvalue weighted by atomic mass is 32.2. The highest BCUT2D eigenvalue weighted by Crippen LogP contribution is 2.19. The summed E-state index contributed by atoms with van der Waals surface area (Å²) in [7, 11) is 0. The van der Waals surface area contributed by atoms with E-state index < -0.39 is 0 Å². The van der Waals surface area contributed by atoms with Crippen LogP contribution in [0.4, 0.5) is 10.1 Å². The molecule has 1 heterocycles. The van der Waals surface area contributed by atoms with Crippen LogP contribution in [-0.2, 0) is 17.8 Å². The van der Waals surface area contributed by atoms with E-state index in [1.54, 1.807) is 6.08 Å². The Labute approximate surface area is 145 Å². The van der Waals surface area contributed by atoms with Gasteiger partial charge in [0.05, 0.1) is 5.75 Å². The van der Waals surface area contributed by atoms with Crippen LogP contribution < -0.4 is 5.32 Å². The van der Waals surface area contributed by atoms with Gasteiger partial charge in [0.1, 0.15) is 11.6 Å². The number of carbonyl (C=O) groups excluding carboxylic acids is 1. The summed E-state index contributed by atoms with van der Waals surface area (Å²) in [5.41, 5.74) is 0.568. The molecule has 1 aromatic heterocycles. The summed E-state index contributed by atoms with van der Waals surface area (Å²) < 4.78 is 14.8. The minimum atomic E-state index is -0.334. The van der Waals surface area contributed by atoms with E-state index in [0.717, 1.165) is 25.1 Å². The van der Waals surface area contributed by atoms with Gasteiger partial charge >= 0.3 is 0 Å². The Morgan fingerprint density at radius 1 is 1.38 bits per heavy atom. The number of nitrogens with zero attached hydrogens (tertiary/aromatic N) is 3. The van der Waals surface area contributed by atoms with Crippen molar-refractivity contribution in [2.45, 2.75) is 37.9 Å². The second kappa shape index (κ2) is 9.22. The van der Waals surface area contributed by atoms with E-state index in [4.69, 9.17) is 0 Å². The molecule has 0 aliphatic heterocycles. The molecule has 0 aliphatic rings. The fourth-order valence-electron chi connectivity index (χ4n) is 2.12. The van der Waals surface area contributed by atoms with Crippen LogP contribution in [0.1, 0.15) is 25.6 Å². The minimum absolute atomic E-state index is 0.171. The van der Waals surface area contributed by atoms with Gasteiger partial charge in [-0.1, -0.05) is 31.2 Å². The number of carbonyl (C=O) groups is 1. The third kappa shape index (κ3) is 5.19. The Morgan fingerprint density at radius 2 is 2.12 bits per heavy atom. The fourth-order valence-corrected chi connectivity index (χ4v) is 2.89. The van der Waals surface area contributed by atoms with Crippen molar-refractivity contribution >= 4 is 23.4 Å². The van der Waals surface area contributed by atoms with Crippen molar-refractivity contribution in [3.05, 3.63) is 48.6 Å². The van der Waals surface area contributed by atoms with Crippen LogP contribution in [0.2, 0.25) is 0 Å². The van der Waals surface area contributed by atoms with E-state index in [0.29, 0.717) is 17.4 Å². The maximum absolute atomic E-state index is 12.9. The standard InChI is InChI=1S/C17H21FN4OS/c1-3-5-6-15-20-21-17(22(15)11-4-2)24-12-16(23)19-14-9-7-13(18)8-10-14/h4,7-10H,2-3,5-6,11-12H2,1H3,(H,19,23). The van der Waals surface area contributed by atoms with Gasteiger partial charge in [0.2, 0.25) is 5.91 Å². The van der Waals surface area contributed by atoms with E-state index >= 15 is 0 Å². The third-order valence-electron chi connectivity index (χ3n) is 3.32. The second-order valence-corrected chi connectivity index (χ2v) is 6.19. The molecule has 0 bridgehead atoms. The summed E-state index contributed by atoms with van der Waals surface area (Å²) in [5.74, 6) is 0.619. The molecule has 0 saturated heterocycles. The maximum Gasteiger partial charge on any atom is 0.234 e. The average molecular weight is 348 g/mol. The predicted molar refractivity (Wildman–Crippen MR) is 94.6 cm³/mol. The molecule has 0 atom stereocenters. The highest BCUT2D eigenvalue weighted by molar-refractivity contribution is 7.99. The quantitative estimate of drug-likeness (QED) is 0.555. The van der Waals surface area contributed by atoms with Gasteiger partial charge in [0.15, 0.2) is 5.16 Å². The summed E-state index contributed by atoms with van der Waals surface area (Å²) >= 11 is 1.33. The van der Waals surface area contributed by atoms with Gasteiger partial charge in [-0.25, -0.2) is 4.39 Å². The zero-order chi connectivity index (χ0) is 17.4. The molecule has 1 amide bonds. The molecule has 0 spiro atoms. The zero-order valence-corrected chi connectivity index (χ0v) is 14.5. The first-order chi connectivity index (χ1) is 11.6. The number of thioether (sulfide) groups is 1. The van der Waals surface area contributed by atoms with Crippen molar-refractivity contribution in [3.8, 4) is 0 Å². The van der Waals surface area contributed by atoms with Crippen molar-refractivity contribution in [2.75, 3.05) is 11.1 Å². The Hall–Kier alpha value is -2.15. The number of anilines is 1. The number of nitrogens with one attached hydrogen (secondary N) is 1. The molecule has 1 N–H and O–H groups in total. The van der Waals surface area contributed by atoms with Crippen molar-refractivity contribution < 1.29 is 9.18 Å². The summed E-state index contributed by atoms with van der Waals surface area (Å²) in [6, 6.07) is 5.68. The van der Waals surface area contributed by atoms with Gasteiger partial charge in [0, 0.05) is 18.7 Å². The first-order valence-electron chi connectivity index (χ1n) is 7.85. The normalized spacial score (nSPS) is 10.6. The van der Waals surface area contributed by atoms with Gasteiger partial charge in [-0.3, -0.25) is 4.79 Å². The summed E-state index contributed by atoms with van der Waals surface area (Å²) in [6.07, 6.45) is 4.79. The Morgan fingerprint density at radius 3 is 2.79 bits per heavy atom. The van der Waals surface area contributed by atoms with E-state index in [-0.39, 0.29) is 17.5 Å². The highest BCUT2D eigenvalue weighted by Gasteiger charge is 2.13. The van der Waals surface area contributed by atoms with E-state index in [9.17, 15) is 9.18 Å². The first kappa shape index (κ1) is 18.2. The van der Waals surface area contributed by atoms with Crippen LogP contribution >= 0.6 is 11.8 Å². The number of aromatic nitrogens is 3. The van der Waals surface area contributed by atoms with Crippen molar-refractivity contribution in [2.24, 2.45) is 0 Å². The summed E-state index contributed by atoms with van der Waals surface area (Å²) in [4.78, 5) is 12.0. The average Bonchev–Trinajstić information content (AvgIpc) is 2.95. The number of hydrogen-bond acceptors (Lipinski definition) is 4. The van der Waals surface area contributed by atoms with Gasteiger partial charge in [0.25, 0.3) is 0 Å². The topological polar surface area (TPSA) is 59.8 Å². The molecule has 5 nitrogen and oxygen atoms in total. The molecule has 0 fully saturated rings. The van der Waals surface area contributed by atoms with Gasteiger partial charge in [-0.2, -0.15) is 0 Å². The number of allylic oxidation sites excluding steroid dienone is 1. The number of rotatable bonds is 9. The number of amides is 1. The van der Waals surface area contributed by atoms with Crippen molar-refractivity contribution in [1.82, 2.24) is 14.8 Å². The zero-order valence-electron chi connectivity index (χ0n) is 13.7. The molecule has 128 valence electrons. The van der Waals surface area contributed by atoms with Gasteiger partial charge < -0.3 is 9.88 Å². The lowest BCUT2D eigenvalue weighted by Crippen LogP contribution is -2.14. The van der Waals surface area contributed by atoms with Crippen LogP contribution in [0.15, 0.2) is 42.1 Å². The lowest BCUT2D eigenvalue weighted by molar-refractivity contribution is -0.113. The second-order valence-electron chi connectivity index (χ2n) is 5.25. The number of benzene rings is 1. The fraction of sp³-hybridized carbons (Fsp3) is 0.353. The number of aryl methyl sites for hydroxylation is 1. The molecule has 0 aliphatic carbocycles. The summed E-state index contributed by atoms with van der Waals surface area (Å²) in [6.45, 7) is 6.51. The van der Waals surface area contributed by atoms with Crippen molar-refractivity contribution in [3.63, 3.8) is 0 Å². The summed E-state index contributed by atoms with van der Waals surface area (Å²) in [5, 5.41) is 11.8. The van der Waals surface area contributed by atoms with Crippen LogP contribution in [0.3, 0.4) is 0 Å². The van der Waals surface area contributed by atoms with Crippen LogP contribution in [0.25, 0.3) is 0 Å². The Balaban J connectivity index is 1.95. The third-order valence-corrected chi connectivity index (χ3v) is 4.29. The smallest absolute Gasteiger partial charge is 0.234 e. The lowest BCUT2D eigenvalue weighted by Gasteiger charge is -2.08. The predicted octanol–water partition coefficient (Wildman–Crippen LogP) is 3.68. The van der Waals surface area contributed by atoms with Gasteiger partial charge in [-0.15, -0.1) is 16.8 Å². The molecule has 0 unspecified atom stereocenters. The molecule has 7 heteroatoms. The molecule has 24 heavy (non-hydrogen) atoms. The molecule has 2 aromatic rings. The van der Waals surface area contributed by atoms with Crippen LogP contribution in [-0.4, -0.2) is 26.4 Å². The molecule has 2 rings (SSSR count). The SMILES string of the molecule is C=CCn1c(CCCC)nnc1SCC(=O)Nc1ccc(F)cc1. The molecule has 0 radical (unpaired) electrons. The van der Waals surface area contributed by atoms with Crippen molar-refractivity contribution in [1.29, 1.82) is 0 Å². The molecule has 0 saturated carbocycles. The first-order valence-corrected chi connectivity index (χ1v) is 8.83. The largest absolute Gasteiger partial charge is 0.325 e. The monoisotopic (exact) mass is 348 g/mol. The Kier molecular flexibility index (Phi) is 6.99. The minimum Gasteiger partial charge on any atom is -0.325 e.